The third-order valence-corrected chi connectivity index (χ3v) is 4.38. The van der Waals surface area contributed by atoms with Gasteiger partial charge in [-0.05, 0) is 18.6 Å². The first-order valence-corrected chi connectivity index (χ1v) is 8.11. The first-order chi connectivity index (χ1) is 10.1. The van der Waals surface area contributed by atoms with Crippen LogP contribution in [0.15, 0.2) is 12.1 Å². The molecule has 0 spiro atoms. The lowest BCUT2D eigenvalue weighted by Crippen LogP contribution is -2.45. The minimum Gasteiger partial charge on any atom is -0.314 e. The second-order valence-electron chi connectivity index (χ2n) is 5.55. The van der Waals surface area contributed by atoms with E-state index in [9.17, 15) is 8.78 Å². The molecule has 1 N–H and O–H groups in total. The van der Waals surface area contributed by atoms with Gasteiger partial charge in [-0.2, -0.15) is 0 Å². The van der Waals surface area contributed by atoms with Crippen LogP contribution in [0, 0.1) is 11.6 Å². The van der Waals surface area contributed by atoms with Crippen LogP contribution in [0.2, 0.25) is 5.02 Å². The third-order valence-electron chi connectivity index (χ3n) is 4.09. The summed E-state index contributed by atoms with van der Waals surface area (Å²) in [4.78, 5) is 2.17. The lowest BCUT2D eigenvalue weighted by atomic mass is 9.97. The average Bonchev–Trinajstić information content (AvgIpc) is 2.51. The second-order valence-corrected chi connectivity index (χ2v) is 5.96. The van der Waals surface area contributed by atoms with Crippen LogP contribution in [0.3, 0.4) is 0 Å². The molecule has 0 aromatic heterocycles. The molecule has 1 atom stereocenters. The van der Waals surface area contributed by atoms with E-state index in [1.807, 2.05) is 0 Å². The van der Waals surface area contributed by atoms with Crippen LogP contribution < -0.4 is 5.32 Å². The van der Waals surface area contributed by atoms with Crippen LogP contribution >= 0.6 is 11.6 Å². The van der Waals surface area contributed by atoms with Gasteiger partial charge in [0.1, 0.15) is 11.6 Å². The normalized spacial score (nSPS) is 17.9. The van der Waals surface area contributed by atoms with E-state index in [4.69, 9.17) is 11.6 Å². The predicted molar refractivity (Wildman–Crippen MR) is 82.7 cm³/mol. The van der Waals surface area contributed by atoms with Crippen molar-refractivity contribution in [1.29, 1.82) is 0 Å². The lowest BCUT2D eigenvalue weighted by molar-refractivity contribution is 0.156. The van der Waals surface area contributed by atoms with Gasteiger partial charge in [0.05, 0.1) is 5.02 Å². The van der Waals surface area contributed by atoms with E-state index >= 15 is 0 Å². The number of rotatable bonds is 6. The Labute approximate surface area is 130 Å². The first-order valence-electron chi connectivity index (χ1n) is 7.73. The van der Waals surface area contributed by atoms with Crippen molar-refractivity contribution in [3.63, 3.8) is 0 Å². The van der Waals surface area contributed by atoms with Crippen LogP contribution in [0.5, 0.6) is 0 Å². The molecule has 2 nitrogen and oxygen atoms in total. The summed E-state index contributed by atoms with van der Waals surface area (Å²) in [5, 5.41) is 3.28. The number of unbranched alkanes of at least 4 members (excludes halogenated alkanes) is 2. The molecule has 0 saturated carbocycles. The van der Waals surface area contributed by atoms with E-state index in [0.717, 1.165) is 51.9 Å². The van der Waals surface area contributed by atoms with Gasteiger partial charge in [0.25, 0.3) is 0 Å². The Bertz CT molecular complexity index is 462. The highest BCUT2D eigenvalue weighted by atomic mass is 35.5. The molecular formula is C16H23ClF2N2. The zero-order chi connectivity index (χ0) is 15.2. The van der Waals surface area contributed by atoms with E-state index in [-0.39, 0.29) is 16.6 Å². The van der Waals surface area contributed by atoms with Gasteiger partial charge in [-0.1, -0.05) is 37.8 Å². The highest BCUT2D eigenvalue weighted by Gasteiger charge is 2.28. The Kier molecular flexibility index (Phi) is 6.40. The molecule has 21 heavy (non-hydrogen) atoms. The van der Waals surface area contributed by atoms with Gasteiger partial charge in [0.2, 0.25) is 0 Å². The molecule has 1 aromatic carbocycles. The van der Waals surface area contributed by atoms with Crippen molar-refractivity contribution in [2.45, 2.75) is 38.6 Å². The molecule has 1 aliphatic heterocycles. The fraction of sp³-hybridized carbons (Fsp3) is 0.625. The molecule has 0 radical (unpaired) electrons. The number of benzene rings is 1. The quantitative estimate of drug-likeness (QED) is 0.626. The molecule has 2 rings (SSSR count). The van der Waals surface area contributed by atoms with Crippen molar-refractivity contribution in [3.05, 3.63) is 34.4 Å². The molecule has 0 amide bonds. The molecular weight excluding hydrogens is 294 g/mol. The van der Waals surface area contributed by atoms with Crippen LogP contribution in [-0.4, -0.2) is 31.1 Å². The summed E-state index contributed by atoms with van der Waals surface area (Å²) < 4.78 is 28.6. The Balaban J connectivity index is 2.27. The minimum absolute atomic E-state index is 0.00188. The minimum atomic E-state index is -0.600. The number of nitrogens with one attached hydrogen (secondary N) is 1. The first kappa shape index (κ1) is 16.7. The number of halogens is 3. The molecule has 0 aliphatic carbocycles. The summed E-state index contributed by atoms with van der Waals surface area (Å²) in [5.74, 6) is -1.09. The Morgan fingerprint density at radius 2 is 1.95 bits per heavy atom. The zero-order valence-electron chi connectivity index (χ0n) is 12.5. The van der Waals surface area contributed by atoms with Crippen molar-refractivity contribution >= 4 is 11.6 Å². The van der Waals surface area contributed by atoms with Crippen LogP contribution in [0.4, 0.5) is 8.78 Å². The smallest absolute Gasteiger partial charge is 0.149 e. The van der Waals surface area contributed by atoms with Gasteiger partial charge < -0.3 is 5.32 Å². The van der Waals surface area contributed by atoms with Crippen LogP contribution in [0.25, 0.3) is 0 Å². The summed E-state index contributed by atoms with van der Waals surface area (Å²) >= 11 is 5.86. The molecule has 0 unspecified atom stereocenters. The van der Waals surface area contributed by atoms with Crippen molar-refractivity contribution in [2.24, 2.45) is 0 Å². The fourth-order valence-electron chi connectivity index (χ4n) is 2.94. The lowest BCUT2D eigenvalue weighted by Gasteiger charge is -2.35. The molecule has 1 heterocycles. The van der Waals surface area contributed by atoms with E-state index in [2.05, 4.69) is 17.1 Å². The van der Waals surface area contributed by atoms with Crippen molar-refractivity contribution < 1.29 is 8.78 Å². The summed E-state index contributed by atoms with van der Waals surface area (Å²) in [5.41, 5.74) is 0.139. The molecule has 1 saturated heterocycles. The van der Waals surface area contributed by atoms with Gasteiger partial charge in [0.15, 0.2) is 0 Å². The number of piperazine rings is 1. The fourth-order valence-corrected chi connectivity index (χ4v) is 3.10. The predicted octanol–water partition coefficient (Wildman–Crippen LogP) is 4.14. The molecule has 0 bridgehead atoms. The highest BCUT2D eigenvalue weighted by molar-refractivity contribution is 6.30. The maximum Gasteiger partial charge on any atom is 0.149 e. The maximum absolute atomic E-state index is 14.4. The SMILES string of the molecule is CCCCC[C@H](c1c(F)ccc(Cl)c1F)N1CCNCC1. The largest absolute Gasteiger partial charge is 0.314 e. The monoisotopic (exact) mass is 316 g/mol. The maximum atomic E-state index is 14.4. The molecule has 5 heteroatoms. The summed E-state index contributed by atoms with van der Waals surface area (Å²) in [6.07, 6.45) is 3.90. The standard InChI is InChI=1S/C16H23ClF2N2/c1-2-3-4-5-14(21-10-8-20-9-11-21)15-13(18)7-6-12(17)16(15)19/h6-7,14,20H,2-5,8-11H2,1H3/t14-/m1/s1. The summed E-state index contributed by atoms with van der Waals surface area (Å²) in [6.45, 7) is 5.45. The molecule has 1 fully saturated rings. The van der Waals surface area contributed by atoms with E-state index < -0.39 is 11.6 Å². The van der Waals surface area contributed by atoms with Crippen LogP contribution in [0.1, 0.15) is 44.2 Å². The molecule has 1 aliphatic rings. The summed E-state index contributed by atoms with van der Waals surface area (Å²) in [7, 11) is 0. The van der Waals surface area contributed by atoms with Gasteiger partial charge >= 0.3 is 0 Å². The number of hydrogen-bond acceptors (Lipinski definition) is 2. The van der Waals surface area contributed by atoms with Crippen molar-refractivity contribution in [3.8, 4) is 0 Å². The van der Waals surface area contributed by atoms with E-state index in [0.29, 0.717) is 0 Å². The van der Waals surface area contributed by atoms with E-state index in [1.54, 1.807) is 0 Å². The van der Waals surface area contributed by atoms with Gasteiger partial charge in [-0.15, -0.1) is 0 Å². The second kappa shape index (κ2) is 8.06. The third kappa shape index (κ3) is 4.15. The highest BCUT2D eigenvalue weighted by Crippen LogP contribution is 2.33. The topological polar surface area (TPSA) is 15.3 Å². The molecule has 118 valence electrons. The average molecular weight is 317 g/mol. The van der Waals surface area contributed by atoms with Crippen molar-refractivity contribution in [1.82, 2.24) is 10.2 Å². The Hall–Kier alpha value is -0.710. The van der Waals surface area contributed by atoms with E-state index in [1.165, 1.54) is 12.1 Å². The van der Waals surface area contributed by atoms with Crippen LogP contribution in [-0.2, 0) is 0 Å². The zero-order valence-corrected chi connectivity index (χ0v) is 13.2. The van der Waals surface area contributed by atoms with Gasteiger partial charge in [-0.25, -0.2) is 8.78 Å². The number of hydrogen-bond donors (Lipinski definition) is 1. The van der Waals surface area contributed by atoms with Gasteiger partial charge in [0, 0.05) is 37.8 Å². The number of nitrogens with zero attached hydrogens (tertiary/aromatic N) is 1. The van der Waals surface area contributed by atoms with Crippen molar-refractivity contribution in [2.75, 3.05) is 26.2 Å². The Morgan fingerprint density at radius 1 is 1.24 bits per heavy atom. The van der Waals surface area contributed by atoms with Gasteiger partial charge in [-0.3, -0.25) is 4.90 Å². The summed E-state index contributed by atoms with van der Waals surface area (Å²) in [6, 6.07) is 2.34. The molecule has 1 aromatic rings. The Morgan fingerprint density at radius 3 is 2.62 bits per heavy atom.